The molecule has 4 N–H and O–H groups in total. The second kappa shape index (κ2) is 10.5. The van der Waals surface area contributed by atoms with Gasteiger partial charge in [-0.2, -0.15) is 0 Å². The van der Waals surface area contributed by atoms with Crippen molar-refractivity contribution in [2.75, 3.05) is 19.3 Å². The number of carbonyl (C=O) groups is 2. The third-order valence-electron chi connectivity index (χ3n) is 6.29. The van der Waals surface area contributed by atoms with Crippen molar-refractivity contribution in [3.8, 4) is 11.3 Å². The van der Waals surface area contributed by atoms with Crippen LogP contribution >= 0.6 is 0 Å². The number of aromatic nitrogens is 3. The molecule has 0 saturated heterocycles. The maximum Gasteiger partial charge on any atom is 0.258 e. The second-order valence-corrected chi connectivity index (χ2v) is 8.56. The van der Waals surface area contributed by atoms with E-state index in [1.807, 2.05) is 61.1 Å². The normalized spacial score (nSPS) is 11.0. The summed E-state index contributed by atoms with van der Waals surface area (Å²) in [6, 6.07) is 15.0. The first-order valence-corrected chi connectivity index (χ1v) is 11.8. The van der Waals surface area contributed by atoms with Gasteiger partial charge in [-0.1, -0.05) is 24.3 Å². The van der Waals surface area contributed by atoms with Crippen molar-refractivity contribution in [1.82, 2.24) is 24.8 Å². The van der Waals surface area contributed by atoms with Gasteiger partial charge in [-0.15, -0.1) is 0 Å². The summed E-state index contributed by atoms with van der Waals surface area (Å²) < 4.78 is 3.71. The number of hydrogen-bond acceptors (Lipinski definition) is 5. The van der Waals surface area contributed by atoms with E-state index in [9.17, 15) is 14.4 Å². The fraction of sp³-hybridized carbons (Fsp3) is 0.259. The third kappa shape index (κ3) is 4.86. The Labute approximate surface area is 209 Å². The van der Waals surface area contributed by atoms with Crippen molar-refractivity contribution < 1.29 is 9.59 Å². The Kier molecular flexibility index (Phi) is 7.19. The Morgan fingerprint density at radius 1 is 1.08 bits per heavy atom. The number of nitrogens with zero attached hydrogens (tertiary/aromatic N) is 3. The van der Waals surface area contributed by atoms with Gasteiger partial charge in [0.05, 0.1) is 17.5 Å². The van der Waals surface area contributed by atoms with Gasteiger partial charge in [0.25, 0.3) is 5.91 Å². The molecule has 0 aliphatic heterocycles. The topological polar surface area (TPSA) is 124 Å². The molecule has 0 bridgehead atoms. The zero-order valence-corrected chi connectivity index (χ0v) is 20.7. The molecule has 0 spiro atoms. The Hall–Kier alpha value is -4.40. The highest BCUT2D eigenvalue weighted by Crippen LogP contribution is 2.23. The highest BCUT2D eigenvalue weighted by atomic mass is 16.2. The molecule has 0 aliphatic carbocycles. The van der Waals surface area contributed by atoms with Crippen LogP contribution < -0.4 is 21.8 Å². The Balaban J connectivity index is 1.52. The molecule has 1 aromatic carbocycles. The molecule has 0 fully saturated rings. The number of nitrogen functional groups attached to an aromatic ring is 1. The number of hydrogen-bond donors (Lipinski definition) is 3. The lowest BCUT2D eigenvalue weighted by atomic mass is 10.1. The van der Waals surface area contributed by atoms with E-state index >= 15 is 0 Å². The van der Waals surface area contributed by atoms with Crippen molar-refractivity contribution in [3.05, 3.63) is 81.8 Å². The minimum absolute atomic E-state index is 0.0323. The molecular formula is C27H30N6O3. The van der Waals surface area contributed by atoms with E-state index < -0.39 is 11.3 Å². The number of amides is 2. The molecule has 36 heavy (non-hydrogen) atoms. The lowest BCUT2D eigenvalue weighted by Gasteiger charge is -2.15. The fourth-order valence-corrected chi connectivity index (χ4v) is 4.28. The van der Waals surface area contributed by atoms with Gasteiger partial charge in [-0.25, -0.2) is 4.98 Å². The Morgan fingerprint density at radius 2 is 1.83 bits per heavy atom. The first kappa shape index (κ1) is 24.7. The molecular weight excluding hydrogens is 456 g/mol. The van der Waals surface area contributed by atoms with Crippen LogP contribution in [0.2, 0.25) is 0 Å². The number of fused-ring (bicyclic) bond motifs is 1. The zero-order valence-electron chi connectivity index (χ0n) is 20.7. The minimum atomic E-state index is -0.523. The number of aryl methyl sites for hydroxylation is 2. The van der Waals surface area contributed by atoms with Crippen LogP contribution in [0, 0.1) is 0 Å². The van der Waals surface area contributed by atoms with E-state index in [2.05, 4.69) is 10.6 Å². The molecule has 3 heterocycles. The number of nitrogens with one attached hydrogen (secondary N) is 2. The summed E-state index contributed by atoms with van der Waals surface area (Å²) in [6.45, 7) is 2.91. The molecule has 186 valence electrons. The Morgan fingerprint density at radius 3 is 2.47 bits per heavy atom. The summed E-state index contributed by atoms with van der Waals surface area (Å²) in [5.41, 5.74) is 9.65. The molecule has 0 unspecified atom stereocenters. The molecule has 2 amide bonds. The van der Waals surface area contributed by atoms with Crippen molar-refractivity contribution in [1.29, 1.82) is 0 Å². The van der Waals surface area contributed by atoms with E-state index in [-0.39, 0.29) is 23.7 Å². The van der Waals surface area contributed by atoms with Crippen LogP contribution in [0.3, 0.4) is 0 Å². The summed E-state index contributed by atoms with van der Waals surface area (Å²) in [6.07, 6.45) is 3.05. The molecule has 0 aliphatic rings. The van der Waals surface area contributed by atoms with Gasteiger partial charge in [0, 0.05) is 51.1 Å². The first-order chi connectivity index (χ1) is 17.3. The fourth-order valence-electron chi connectivity index (χ4n) is 4.28. The van der Waals surface area contributed by atoms with Crippen LogP contribution in [0.5, 0.6) is 0 Å². The van der Waals surface area contributed by atoms with E-state index in [1.54, 1.807) is 16.7 Å². The SMILES string of the molecule is CCn1c(N)c(C(=O)NC)c(=O)c2ccc(-c3ccc(CC(=O)NCCc4cccn4C)cc3)nc21. The molecule has 0 atom stereocenters. The number of carbonyl (C=O) groups excluding carboxylic acids is 2. The van der Waals surface area contributed by atoms with Gasteiger partial charge in [-0.05, 0) is 36.8 Å². The summed E-state index contributed by atoms with van der Waals surface area (Å²) in [4.78, 5) is 42.2. The standard InChI is InChI=1S/C27H30N6O3/c1-4-33-25(28)23(27(36)29-2)24(35)20-11-12-21(31-26(20)33)18-9-7-17(8-10-18)16-22(34)30-14-13-19-6-5-15-32(19)3/h5-12,15H,4,13-14,16,28H2,1-3H3,(H,29,36)(H,30,34). The Bertz CT molecular complexity index is 1480. The van der Waals surface area contributed by atoms with Crippen LogP contribution in [0.25, 0.3) is 22.3 Å². The van der Waals surface area contributed by atoms with Gasteiger partial charge >= 0.3 is 0 Å². The first-order valence-electron chi connectivity index (χ1n) is 11.8. The van der Waals surface area contributed by atoms with Crippen molar-refractivity contribution >= 4 is 28.7 Å². The number of nitrogens with two attached hydrogens (primary N) is 1. The summed E-state index contributed by atoms with van der Waals surface area (Å²) in [7, 11) is 3.45. The van der Waals surface area contributed by atoms with Gasteiger partial charge in [0.2, 0.25) is 11.3 Å². The highest BCUT2D eigenvalue weighted by Gasteiger charge is 2.20. The third-order valence-corrected chi connectivity index (χ3v) is 6.29. The van der Waals surface area contributed by atoms with Crippen LogP contribution in [0.4, 0.5) is 5.82 Å². The lowest BCUT2D eigenvalue weighted by molar-refractivity contribution is -0.120. The molecule has 0 radical (unpaired) electrons. The quantitative estimate of drug-likeness (QED) is 0.352. The molecule has 9 heteroatoms. The maximum absolute atomic E-state index is 12.9. The highest BCUT2D eigenvalue weighted by molar-refractivity contribution is 6.01. The predicted octanol–water partition coefficient (Wildman–Crippen LogP) is 2.27. The van der Waals surface area contributed by atoms with Gasteiger partial charge in [0.15, 0.2) is 0 Å². The lowest BCUT2D eigenvalue weighted by Crippen LogP contribution is -2.30. The van der Waals surface area contributed by atoms with Gasteiger partial charge in [-0.3, -0.25) is 14.4 Å². The summed E-state index contributed by atoms with van der Waals surface area (Å²) in [5.74, 6) is -0.465. The largest absolute Gasteiger partial charge is 0.384 e. The zero-order chi connectivity index (χ0) is 25.8. The van der Waals surface area contributed by atoms with E-state index in [0.717, 1.165) is 17.5 Å². The average Bonchev–Trinajstić information content (AvgIpc) is 3.28. The number of rotatable bonds is 8. The maximum atomic E-state index is 12.9. The van der Waals surface area contributed by atoms with Gasteiger partial charge < -0.3 is 25.5 Å². The molecule has 0 saturated carbocycles. The van der Waals surface area contributed by atoms with Gasteiger partial charge in [0.1, 0.15) is 17.0 Å². The van der Waals surface area contributed by atoms with E-state index in [0.29, 0.717) is 29.8 Å². The van der Waals surface area contributed by atoms with E-state index in [4.69, 9.17) is 10.7 Å². The molecule has 4 aromatic rings. The number of anilines is 1. The minimum Gasteiger partial charge on any atom is -0.384 e. The predicted molar refractivity (Wildman–Crippen MR) is 141 cm³/mol. The van der Waals surface area contributed by atoms with Crippen LogP contribution in [0.15, 0.2) is 59.5 Å². The molecule has 3 aromatic heterocycles. The van der Waals surface area contributed by atoms with Crippen LogP contribution in [0.1, 0.15) is 28.5 Å². The van der Waals surface area contributed by atoms with Crippen molar-refractivity contribution in [2.24, 2.45) is 7.05 Å². The average molecular weight is 487 g/mol. The van der Waals surface area contributed by atoms with E-state index in [1.165, 1.54) is 12.7 Å². The smallest absolute Gasteiger partial charge is 0.258 e. The monoisotopic (exact) mass is 486 g/mol. The van der Waals surface area contributed by atoms with Crippen molar-refractivity contribution in [2.45, 2.75) is 26.3 Å². The van der Waals surface area contributed by atoms with Crippen LogP contribution in [-0.2, 0) is 31.2 Å². The molecule has 9 nitrogen and oxygen atoms in total. The summed E-state index contributed by atoms with van der Waals surface area (Å²) in [5, 5.41) is 5.77. The molecule has 4 rings (SSSR count). The summed E-state index contributed by atoms with van der Waals surface area (Å²) >= 11 is 0. The number of pyridine rings is 2. The second-order valence-electron chi connectivity index (χ2n) is 8.56. The van der Waals surface area contributed by atoms with Crippen molar-refractivity contribution in [3.63, 3.8) is 0 Å². The van der Waals surface area contributed by atoms with Crippen LogP contribution in [-0.4, -0.2) is 39.5 Å². The number of benzene rings is 1.